The van der Waals surface area contributed by atoms with Crippen LogP contribution in [0.25, 0.3) is 0 Å². The highest BCUT2D eigenvalue weighted by Crippen LogP contribution is 2.43. The highest BCUT2D eigenvalue weighted by molar-refractivity contribution is 7.99. The van der Waals surface area contributed by atoms with Crippen LogP contribution in [0, 0.1) is 10.1 Å². The number of carbonyl (C=O) groups excluding carboxylic acids is 1. The van der Waals surface area contributed by atoms with E-state index in [9.17, 15) is 14.9 Å². The van der Waals surface area contributed by atoms with E-state index in [1.165, 1.54) is 12.1 Å². The fourth-order valence-corrected chi connectivity index (χ4v) is 4.31. The van der Waals surface area contributed by atoms with Crippen LogP contribution in [0.2, 0.25) is 0 Å². The SMILES string of the molecule is O=C(Nc1ccn2c1CSC2c1cccnc1)c1ccccc1[N+](=O)[O-]. The molecule has 0 aliphatic carbocycles. The summed E-state index contributed by atoms with van der Waals surface area (Å²) in [5.41, 5.74) is 2.58. The molecule has 130 valence electrons. The summed E-state index contributed by atoms with van der Waals surface area (Å²) in [5.74, 6) is 0.250. The number of amides is 1. The van der Waals surface area contributed by atoms with Crippen molar-refractivity contribution in [2.24, 2.45) is 0 Å². The van der Waals surface area contributed by atoms with E-state index >= 15 is 0 Å². The third kappa shape index (κ3) is 2.84. The van der Waals surface area contributed by atoms with Crippen molar-refractivity contribution in [2.75, 3.05) is 5.32 Å². The molecule has 26 heavy (non-hydrogen) atoms. The van der Waals surface area contributed by atoms with Gasteiger partial charge in [0.15, 0.2) is 0 Å². The Morgan fingerprint density at radius 2 is 2.12 bits per heavy atom. The highest BCUT2D eigenvalue weighted by Gasteiger charge is 2.28. The van der Waals surface area contributed by atoms with Gasteiger partial charge in [0.05, 0.1) is 16.3 Å². The molecule has 1 aromatic carbocycles. The number of carbonyl (C=O) groups is 1. The summed E-state index contributed by atoms with van der Waals surface area (Å²) in [4.78, 5) is 27.3. The summed E-state index contributed by atoms with van der Waals surface area (Å²) in [7, 11) is 0. The molecular formula is C18H14N4O3S. The Kier molecular flexibility index (Phi) is 4.18. The second-order valence-electron chi connectivity index (χ2n) is 5.76. The van der Waals surface area contributed by atoms with E-state index in [0.29, 0.717) is 5.69 Å². The van der Waals surface area contributed by atoms with Crippen molar-refractivity contribution in [2.45, 2.75) is 11.1 Å². The Balaban J connectivity index is 1.60. The molecule has 1 aliphatic rings. The minimum Gasteiger partial charge on any atom is -0.332 e. The molecule has 0 spiro atoms. The minimum atomic E-state index is -0.548. The van der Waals surface area contributed by atoms with Crippen LogP contribution in [0.5, 0.6) is 0 Å². The van der Waals surface area contributed by atoms with Gasteiger partial charge in [0.1, 0.15) is 10.9 Å². The van der Waals surface area contributed by atoms with Gasteiger partial charge in [0.25, 0.3) is 11.6 Å². The normalized spacial score (nSPS) is 15.5. The maximum Gasteiger partial charge on any atom is 0.282 e. The van der Waals surface area contributed by atoms with E-state index in [1.54, 1.807) is 30.1 Å². The molecule has 1 aliphatic heterocycles. The zero-order valence-electron chi connectivity index (χ0n) is 13.5. The standard InChI is InChI=1S/C18H14N4O3S/c23-17(13-5-1-2-6-15(13)22(24)25)20-14-7-9-21-16(14)11-26-18(21)12-4-3-8-19-10-12/h1-10,18H,11H2,(H,20,23). The second kappa shape index (κ2) is 6.64. The van der Waals surface area contributed by atoms with Crippen LogP contribution < -0.4 is 5.32 Å². The first-order chi connectivity index (χ1) is 12.6. The van der Waals surface area contributed by atoms with E-state index in [4.69, 9.17) is 0 Å². The molecule has 7 nitrogen and oxygen atoms in total. The number of para-hydroxylation sites is 1. The first-order valence-corrected chi connectivity index (χ1v) is 8.96. The predicted octanol–water partition coefficient (Wildman–Crippen LogP) is 3.84. The van der Waals surface area contributed by atoms with Gasteiger partial charge >= 0.3 is 0 Å². The van der Waals surface area contributed by atoms with Crippen molar-refractivity contribution in [3.63, 3.8) is 0 Å². The quantitative estimate of drug-likeness (QED) is 0.560. The van der Waals surface area contributed by atoms with E-state index in [-0.39, 0.29) is 16.6 Å². The number of hydrogen-bond donors (Lipinski definition) is 1. The smallest absolute Gasteiger partial charge is 0.282 e. The van der Waals surface area contributed by atoms with Gasteiger partial charge in [-0.1, -0.05) is 18.2 Å². The fourth-order valence-electron chi connectivity index (χ4n) is 3.00. The van der Waals surface area contributed by atoms with Crippen molar-refractivity contribution in [1.82, 2.24) is 9.55 Å². The molecule has 0 saturated carbocycles. The summed E-state index contributed by atoms with van der Waals surface area (Å²) < 4.78 is 2.09. The topological polar surface area (TPSA) is 90.1 Å². The predicted molar refractivity (Wildman–Crippen MR) is 99.2 cm³/mol. The van der Waals surface area contributed by atoms with Gasteiger partial charge in [-0.05, 0) is 18.2 Å². The summed E-state index contributed by atoms with van der Waals surface area (Å²) in [6.45, 7) is 0. The van der Waals surface area contributed by atoms with Gasteiger partial charge in [-0.2, -0.15) is 0 Å². The van der Waals surface area contributed by atoms with Crippen LogP contribution in [0.1, 0.15) is 27.0 Å². The number of benzene rings is 1. The van der Waals surface area contributed by atoms with E-state index in [1.807, 2.05) is 30.6 Å². The average molecular weight is 366 g/mol. The van der Waals surface area contributed by atoms with Crippen LogP contribution in [0.4, 0.5) is 11.4 Å². The molecule has 0 fully saturated rings. The van der Waals surface area contributed by atoms with Gasteiger partial charge in [-0.15, -0.1) is 11.8 Å². The number of rotatable bonds is 4. The molecular weight excluding hydrogens is 352 g/mol. The first-order valence-electron chi connectivity index (χ1n) is 7.91. The van der Waals surface area contributed by atoms with Crippen molar-refractivity contribution in [3.05, 3.63) is 88.0 Å². The number of nitrogens with zero attached hydrogens (tertiary/aromatic N) is 3. The van der Waals surface area contributed by atoms with Gasteiger partial charge in [0.2, 0.25) is 0 Å². The lowest BCUT2D eigenvalue weighted by atomic mass is 10.1. The molecule has 1 unspecified atom stereocenters. The first kappa shape index (κ1) is 16.3. The molecule has 4 rings (SSSR count). The van der Waals surface area contributed by atoms with E-state index < -0.39 is 10.8 Å². The maximum atomic E-state index is 12.5. The van der Waals surface area contributed by atoms with Crippen molar-refractivity contribution in [1.29, 1.82) is 0 Å². The lowest BCUT2D eigenvalue weighted by Gasteiger charge is -2.12. The number of thioether (sulfide) groups is 1. The zero-order valence-corrected chi connectivity index (χ0v) is 14.3. The fraction of sp³-hybridized carbons (Fsp3) is 0.111. The molecule has 1 N–H and O–H groups in total. The van der Waals surface area contributed by atoms with Crippen LogP contribution >= 0.6 is 11.8 Å². The Bertz CT molecular complexity index is 987. The van der Waals surface area contributed by atoms with Crippen LogP contribution in [-0.2, 0) is 5.75 Å². The Hall–Kier alpha value is -3.13. The molecule has 1 atom stereocenters. The van der Waals surface area contributed by atoms with Crippen molar-refractivity contribution in [3.8, 4) is 0 Å². The Labute approximate surface area is 153 Å². The summed E-state index contributed by atoms with van der Waals surface area (Å²) in [5, 5.41) is 14.0. The number of nitro groups is 1. The third-order valence-electron chi connectivity index (χ3n) is 4.22. The molecule has 3 aromatic rings. The van der Waals surface area contributed by atoms with Crippen molar-refractivity contribution < 1.29 is 9.72 Å². The monoisotopic (exact) mass is 366 g/mol. The molecule has 0 bridgehead atoms. The molecule has 1 amide bonds. The van der Waals surface area contributed by atoms with Gasteiger partial charge in [-0.25, -0.2) is 0 Å². The third-order valence-corrected chi connectivity index (χ3v) is 5.47. The highest BCUT2D eigenvalue weighted by atomic mass is 32.2. The number of nitrogens with one attached hydrogen (secondary N) is 1. The van der Waals surface area contributed by atoms with E-state index in [2.05, 4.69) is 14.9 Å². The van der Waals surface area contributed by atoms with Gasteiger partial charge < -0.3 is 9.88 Å². The zero-order chi connectivity index (χ0) is 18.1. The molecule has 0 saturated heterocycles. The Morgan fingerprint density at radius 1 is 1.27 bits per heavy atom. The van der Waals surface area contributed by atoms with Crippen molar-refractivity contribution >= 4 is 29.0 Å². The van der Waals surface area contributed by atoms with Gasteiger partial charge in [0, 0.05) is 36.0 Å². The van der Waals surface area contributed by atoms with Crippen LogP contribution in [0.15, 0.2) is 61.1 Å². The molecule has 2 aromatic heterocycles. The molecule has 8 heteroatoms. The average Bonchev–Trinajstić information content (AvgIpc) is 3.25. The summed E-state index contributed by atoms with van der Waals surface area (Å²) in [6, 6.07) is 11.7. The molecule has 0 radical (unpaired) electrons. The minimum absolute atomic E-state index is 0.0481. The number of nitro benzene ring substituents is 1. The second-order valence-corrected chi connectivity index (χ2v) is 6.83. The number of aromatic nitrogens is 2. The number of pyridine rings is 1. The summed E-state index contributed by atoms with van der Waals surface area (Å²) in [6.07, 6.45) is 5.48. The number of fused-ring (bicyclic) bond motifs is 1. The largest absolute Gasteiger partial charge is 0.332 e. The lowest BCUT2D eigenvalue weighted by molar-refractivity contribution is -0.385. The van der Waals surface area contributed by atoms with Gasteiger partial charge in [-0.3, -0.25) is 19.9 Å². The number of hydrogen-bond acceptors (Lipinski definition) is 5. The maximum absolute atomic E-state index is 12.5. The van der Waals surface area contributed by atoms with Crippen LogP contribution in [-0.4, -0.2) is 20.4 Å². The summed E-state index contributed by atoms with van der Waals surface area (Å²) >= 11 is 1.74. The van der Waals surface area contributed by atoms with E-state index in [0.717, 1.165) is 17.0 Å². The Morgan fingerprint density at radius 3 is 2.88 bits per heavy atom. The number of anilines is 1. The van der Waals surface area contributed by atoms with Crippen LogP contribution in [0.3, 0.4) is 0 Å². The lowest BCUT2D eigenvalue weighted by Crippen LogP contribution is -2.14. The molecule has 3 heterocycles.